The molecule has 0 aromatic heterocycles. The summed E-state index contributed by atoms with van der Waals surface area (Å²) in [5.41, 5.74) is 0. The van der Waals surface area contributed by atoms with Crippen molar-refractivity contribution in [1.29, 1.82) is 0 Å². The average Bonchev–Trinajstić information content (AvgIpc) is 1.46. The molecular weight excluding hydrogens is 183 g/mol. The van der Waals surface area contributed by atoms with Crippen LogP contribution in [-0.4, -0.2) is 16.5 Å². The highest BCUT2D eigenvalue weighted by Gasteiger charge is 1.22. The van der Waals surface area contributed by atoms with Gasteiger partial charge in [0.15, 0.2) is 0 Å². The molecule has 0 aliphatic rings. The van der Waals surface area contributed by atoms with Crippen molar-refractivity contribution in [3.63, 3.8) is 0 Å². The maximum atomic E-state index is 8.36. The van der Waals surface area contributed by atoms with E-state index in [2.05, 4.69) is 22.6 Å². The summed E-state index contributed by atoms with van der Waals surface area (Å²) in [5, 5.41) is 6.89. The van der Waals surface area contributed by atoms with Gasteiger partial charge in [0.05, 0.1) is 0 Å². The van der Waals surface area contributed by atoms with Crippen LogP contribution in [0.4, 0.5) is 0 Å². The molecule has 1 N–H and O–H groups in total. The minimum absolute atomic E-state index is 0.250. The first-order chi connectivity index (χ1) is 2.41. The molecule has 0 atom stereocenters. The third kappa shape index (κ3) is 508. The molecule has 0 radical (unpaired) electrons. The number of carboxylic acid groups (broad SMARTS) is 1. The van der Waals surface area contributed by atoms with Gasteiger partial charge in [0, 0.05) is 0 Å². The fraction of sp³-hybridized carbons (Fsp3) is 0.500. The van der Waals surface area contributed by atoms with E-state index in [-0.39, 0.29) is 6.47 Å². The fourth-order valence-corrected chi connectivity index (χ4v) is 0. The zero-order chi connectivity index (χ0) is 4.71. The molecule has 0 aliphatic carbocycles. The topological polar surface area (TPSA) is 37.3 Å². The molecule has 0 heterocycles. The summed E-state index contributed by atoms with van der Waals surface area (Å²) >= 11 is 2.15. The van der Waals surface area contributed by atoms with Crippen LogP contribution in [0.2, 0.25) is 0 Å². The largest absolute Gasteiger partial charge is 0.483 e. The first-order valence-electron chi connectivity index (χ1n) is 0.872. The van der Waals surface area contributed by atoms with E-state index in [1.54, 1.807) is 0 Å². The Morgan fingerprint density at radius 1 is 1.80 bits per heavy atom. The Bertz CT molecular complexity index is 15.1. The maximum Gasteiger partial charge on any atom is 0.290 e. The smallest absolute Gasteiger partial charge is 0.290 e. The molecule has 0 spiro atoms. The van der Waals surface area contributed by atoms with Crippen molar-refractivity contribution in [2.45, 2.75) is 0 Å². The highest BCUT2D eigenvalue weighted by Crippen LogP contribution is 1.48. The third-order valence-corrected chi connectivity index (χ3v) is 0. The number of carbonyl (C=O) groups is 1. The Kier molecular flexibility index (Phi) is 53.5. The Balaban J connectivity index is 0. The molecule has 0 amide bonds. The van der Waals surface area contributed by atoms with Crippen molar-refractivity contribution in [1.82, 2.24) is 0 Å². The third-order valence-electron chi connectivity index (χ3n) is 0. The van der Waals surface area contributed by atoms with Crippen LogP contribution in [-0.2, 0) is 4.79 Å². The van der Waals surface area contributed by atoms with Crippen molar-refractivity contribution in [3.8, 4) is 0 Å². The summed E-state index contributed by atoms with van der Waals surface area (Å²) in [6.07, 6.45) is 0. The van der Waals surface area contributed by atoms with Crippen LogP contribution in [0.25, 0.3) is 0 Å². The SMILES string of the molecule is CI.O=CO. The van der Waals surface area contributed by atoms with Crippen molar-refractivity contribution in [3.05, 3.63) is 0 Å². The van der Waals surface area contributed by atoms with Gasteiger partial charge in [-0.3, -0.25) is 4.79 Å². The van der Waals surface area contributed by atoms with E-state index in [0.717, 1.165) is 0 Å². The molecule has 0 aliphatic heterocycles. The monoisotopic (exact) mass is 188 g/mol. The molecule has 0 aromatic rings. The molecular formula is C2H5IO2. The predicted molar refractivity (Wildman–Crippen MR) is 28.6 cm³/mol. The summed E-state index contributed by atoms with van der Waals surface area (Å²) < 4.78 is 0. The Labute approximate surface area is 44.3 Å². The van der Waals surface area contributed by atoms with Crippen LogP contribution < -0.4 is 0 Å². The number of hydrogen-bond donors (Lipinski definition) is 1. The van der Waals surface area contributed by atoms with Crippen molar-refractivity contribution < 1.29 is 9.90 Å². The zero-order valence-electron chi connectivity index (χ0n) is 2.81. The Morgan fingerprint density at radius 3 is 1.80 bits per heavy atom. The normalized spacial score (nSPS) is 3.60. The second-order valence-electron chi connectivity index (χ2n) is 0.105. The lowest BCUT2D eigenvalue weighted by Gasteiger charge is -1.34. The minimum atomic E-state index is -0.250. The van der Waals surface area contributed by atoms with Crippen molar-refractivity contribution >= 4 is 29.1 Å². The molecule has 2 nitrogen and oxygen atoms in total. The lowest BCUT2D eigenvalue weighted by Crippen LogP contribution is -1.49. The molecule has 0 rings (SSSR count). The van der Waals surface area contributed by atoms with Crippen LogP contribution in [0.15, 0.2) is 0 Å². The predicted octanol–water partition coefficient (Wildman–Crippen LogP) is 0.752. The van der Waals surface area contributed by atoms with Gasteiger partial charge < -0.3 is 5.11 Å². The fourth-order valence-electron chi connectivity index (χ4n) is 0. The summed E-state index contributed by atoms with van der Waals surface area (Å²) in [6, 6.07) is 0. The number of rotatable bonds is 0. The quantitative estimate of drug-likeness (QED) is 0.346. The van der Waals surface area contributed by atoms with E-state index in [4.69, 9.17) is 9.90 Å². The van der Waals surface area contributed by atoms with E-state index in [0.29, 0.717) is 0 Å². The Morgan fingerprint density at radius 2 is 1.80 bits per heavy atom. The van der Waals surface area contributed by atoms with Gasteiger partial charge in [0.2, 0.25) is 0 Å². The highest BCUT2D eigenvalue weighted by molar-refractivity contribution is 14.1. The first kappa shape index (κ1) is 8.96. The minimum Gasteiger partial charge on any atom is -0.483 e. The zero-order valence-corrected chi connectivity index (χ0v) is 4.97. The molecule has 0 saturated heterocycles. The summed E-state index contributed by atoms with van der Waals surface area (Å²) in [6.45, 7) is -0.250. The van der Waals surface area contributed by atoms with Crippen LogP contribution >= 0.6 is 22.6 Å². The van der Waals surface area contributed by atoms with Crippen LogP contribution in [0.3, 0.4) is 0 Å². The molecule has 5 heavy (non-hydrogen) atoms. The Hall–Kier alpha value is 0.200. The number of alkyl halides is 1. The second-order valence-corrected chi connectivity index (χ2v) is 0.105. The number of halogens is 1. The van der Waals surface area contributed by atoms with Crippen molar-refractivity contribution in [2.75, 3.05) is 4.93 Å². The summed E-state index contributed by atoms with van der Waals surface area (Å²) in [5.74, 6) is 0. The molecule has 0 fully saturated rings. The molecule has 32 valence electrons. The standard InChI is InChI=1S/CH3I.CH2O2/c1-2;2-1-3/h1H3;1H,(H,2,3). The maximum absolute atomic E-state index is 8.36. The summed E-state index contributed by atoms with van der Waals surface area (Å²) in [4.78, 5) is 10.3. The van der Waals surface area contributed by atoms with Gasteiger partial charge in [-0.1, -0.05) is 22.6 Å². The van der Waals surface area contributed by atoms with Gasteiger partial charge in [-0.15, -0.1) is 0 Å². The summed E-state index contributed by atoms with van der Waals surface area (Å²) in [7, 11) is 0. The molecule has 0 aromatic carbocycles. The molecule has 0 bridgehead atoms. The van der Waals surface area contributed by atoms with E-state index in [9.17, 15) is 0 Å². The van der Waals surface area contributed by atoms with Crippen LogP contribution in [0, 0.1) is 0 Å². The lowest BCUT2D eigenvalue weighted by atomic mass is 11.7. The lowest BCUT2D eigenvalue weighted by molar-refractivity contribution is -0.122. The number of hydrogen-bond acceptors (Lipinski definition) is 1. The second kappa shape index (κ2) is 29.9. The van der Waals surface area contributed by atoms with Gasteiger partial charge in [-0.25, -0.2) is 0 Å². The van der Waals surface area contributed by atoms with Gasteiger partial charge in [-0.05, 0) is 4.93 Å². The first-order valence-corrected chi connectivity index (χ1v) is 3.03. The van der Waals surface area contributed by atoms with Gasteiger partial charge >= 0.3 is 0 Å². The van der Waals surface area contributed by atoms with Crippen LogP contribution in [0.1, 0.15) is 0 Å². The molecule has 0 saturated carbocycles. The van der Waals surface area contributed by atoms with Gasteiger partial charge in [0.1, 0.15) is 0 Å². The van der Waals surface area contributed by atoms with E-state index in [1.165, 1.54) is 0 Å². The highest BCUT2D eigenvalue weighted by atomic mass is 127. The van der Waals surface area contributed by atoms with Gasteiger partial charge in [-0.2, -0.15) is 0 Å². The van der Waals surface area contributed by atoms with E-state index < -0.39 is 0 Å². The molecule has 3 heteroatoms. The van der Waals surface area contributed by atoms with E-state index >= 15 is 0 Å². The average molecular weight is 188 g/mol. The van der Waals surface area contributed by atoms with E-state index in [1.807, 2.05) is 4.93 Å². The van der Waals surface area contributed by atoms with Crippen molar-refractivity contribution in [2.24, 2.45) is 0 Å². The van der Waals surface area contributed by atoms with Gasteiger partial charge in [0.25, 0.3) is 6.47 Å². The molecule has 0 unspecified atom stereocenters. The van der Waals surface area contributed by atoms with Crippen LogP contribution in [0.5, 0.6) is 0 Å².